The molecular formula is C12H11Cl3FeN3S2. The summed E-state index contributed by atoms with van der Waals surface area (Å²) >= 11 is 4.24. The van der Waals surface area contributed by atoms with Crippen molar-refractivity contribution in [1.29, 1.82) is 0 Å². The first-order valence-electron chi connectivity index (χ1n) is 5.39. The number of aromatic nitrogens is 1. The zero-order chi connectivity index (χ0) is 15.7. The summed E-state index contributed by atoms with van der Waals surface area (Å²) in [5, 5.41) is 6.18. The van der Waals surface area contributed by atoms with E-state index in [1.807, 2.05) is 36.6 Å². The topological polar surface area (TPSA) is 39.4 Å². The molecule has 0 saturated carbocycles. The summed E-state index contributed by atoms with van der Waals surface area (Å²) in [4.78, 5) is 4.28. The summed E-state index contributed by atoms with van der Waals surface area (Å²) in [6.07, 6.45) is 5.32. The molecule has 0 fully saturated rings. The Morgan fingerprint density at radius 3 is 2.67 bits per heavy atom. The van der Waals surface area contributed by atoms with Crippen molar-refractivity contribution in [3.63, 3.8) is 0 Å². The SMILES string of the molecule is CSC(=[SH+])[N-]N=Cc1nccc2ccccc12.[Cl][Fe]([Cl])[Cl]. The maximum atomic E-state index is 4.89. The van der Waals surface area contributed by atoms with Crippen molar-refractivity contribution in [2.75, 3.05) is 6.26 Å². The van der Waals surface area contributed by atoms with E-state index in [4.69, 9.17) is 30.3 Å². The molecular weight excluding hydrogens is 412 g/mol. The van der Waals surface area contributed by atoms with E-state index in [2.05, 4.69) is 27.7 Å². The molecule has 21 heavy (non-hydrogen) atoms. The summed E-state index contributed by atoms with van der Waals surface area (Å²) < 4.78 is 0.626. The molecule has 0 unspecified atom stereocenters. The van der Waals surface area contributed by atoms with Crippen LogP contribution in [0.3, 0.4) is 0 Å². The van der Waals surface area contributed by atoms with Crippen LogP contribution in [-0.4, -0.2) is 21.8 Å². The number of nitrogens with zero attached hydrogens (tertiary/aromatic N) is 3. The monoisotopic (exact) mass is 422 g/mol. The first-order valence-corrected chi connectivity index (χ1v) is 11.6. The third-order valence-electron chi connectivity index (χ3n) is 2.21. The van der Waals surface area contributed by atoms with Crippen molar-refractivity contribution >= 4 is 75.6 Å². The second-order valence-corrected chi connectivity index (χ2v) is 10.4. The van der Waals surface area contributed by atoms with Gasteiger partial charge in [0.05, 0.1) is 5.69 Å². The van der Waals surface area contributed by atoms with Crippen LogP contribution in [0.1, 0.15) is 5.69 Å². The van der Waals surface area contributed by atoms with E-state index < -0.39 is 11.2 Å². The molecule has 2 aromatic rings. The van der Waals surface area contributed by atoms with Crippen LogP contribution < -0.4 is 0 Å². The Bertz CT molecular complexity index is 617. The van der Waals surface area contributed by atoms with Gasteiger partial charge in [0.15, 0.2) is 16.5 Å². The molecule has 1 aromatic heterocycles. The van der Waals surface area contributed by atoms with Gasteiger partial charge < -0.3 is 10.5 Å². The quantitative estimate of drug-likeness (QED) is 0.175. The zero-order valence-corrected chi connectivity index (χ0v) is 15.8. The Hall–Kier alpha value is -0.0705. The van der Waals surface area contributed by atoms with Crippen LogP contribution in [0.4, 0.5) is 0 Å². The van der Waals surface area contributed by atoms with Crippen LogP contribution in [0.25, 0.3) is 16.2 Å². The van der Waals surface area contributed by atoms with Crippen molar-refractivity contribution in [2.45, 2.75) is 0 Å². The summed E-state index contributed by atoms with van der Waals surface area (Å²) in [7, 11) is 14.7. The molecule has 0 spiro atoms. The molecule has 0 radical (unpaired) electrons. The number of hydrogen-bond donors (Lipinski definition) is 0. The van der Waals surface area contributed by atoms with Crippen molar-refractivity contribution in [2.24, 2.45) is 5.10 Å². The van der Waals surface area contributed by atoms with Crippen LogP contribution in [0.15, 0.2) is 41.6 Å². The molecule has 1 aromatic carbocycles. The van der Waals surface area contributed by atoms with E-state index in [9.17, 15) is 0 Å². The first kappa shape index (κ1) is 19.0. The maximum absolute atomic E-state index is 4.89. The van der Waals surface area contributed by atoms with E-state index in [-0.39, 0.29) is 0 Å². The van der Waals surface area contributed by atoms with Gasteiger partial charge in [-0.3, -0.25) is 4.98 Å². The number of thiol groups is 1. The molecule has 9 heteroatoms. The van der Waals surface area contributed by atoms with E-state index in [1.165, 1.54) is 11.8 Å². The molecule has 0 aliphatic carbocycles. The van der Waals surface area contributed by atoms with Gasteiger partial charge in [-0.2, -0.15) is 0 Å². The molecule has 2 rings (SSSR count). The number of hydrogen-bond acceptors (Lipinski definition) is 3. The molecule has 0 amide bonds. The van der Waals surface area contributed by atoms with Crippen molar-refractivity contribution in [3.8, 4) is 0 Å². The normalized spacial score (nSPS) is 11.0. The molecule has 0 atom stereocenters. The Balaban J connectivity index is 0.000000491. The molecule has 115 valence electrons. The molecule has 1 heterocycles. The standard InChI is InChI=1S/C12H11N3S2.3ClH.Fe/c1-17-12(16)15-14-8-11-10-5-3-2-4-9(10)6-7-13-11;;;;/h2-8H,1H3,(H,13,15,16);3*1H;/q;;;;+3/p-3. The molecule has 0 aliphatic rings. The van der Waals surface area contributed by atoms with Gasteiger partial charge >= 0.3 is 41.5 Å². The number of fused-ring (bicyclic) bond motifs is 1. The third kappa shape index (κ3) is 7.66. The van der Waals surface area contributed by atoms with Gasteiger partial charge in [0.25, 0.3) is 0 Å². The molecule has 0 saturated heterocycles. The first-order chi connectivity index (χ1) is 10.0. The van der Waals surface area contributed by atoms with E-state index in [0.717, 1.165) is 16.5 Å². The van der Waals surface area contributed by atoms with Gasteiger partial charge in [0.1, 0.15) is 0 Å². The second-order valence-electron chi connectivity index (χ2n) is 3.40. The summed E-state index contributed by atoms with van der Waals surface area (Å²) in [5.74, 6) is 0. The van der Waals surface area contributed by atoms with E-state index in [1.54, 1.807) is 12.4 Å². The Kier molecular flexibility index (Phi) is 9.60. The second kappa shape index (κ2) is 10.6. The van der Waals surface area contributed by atoms with E-state index >= 15 is 0 Å². The average molecular weight is 424 g/mol. The number of benzene rings is 1. The Labute approximate surface area is 150 Å². The third-order valence-corrected chi connectivity index (χ3v) is 3.29. The summed E-state index contributed by atoms with van der Waals surface area (Å²) in [6, 6.07) is 10.0. The summed E-state index contributed by atoms with van der Waals surface area (Å²) in [6.45, 7) is 0. The van der Waals surface area contributed by atoms with Crippen LogP contribution >= 0.6 is 42.1 Å². The van der Waals surface area contributed by atoms with Crippen molar-refractivity contribution in [1.82, 2.24) is 4.98 Å². The van der Waals surface area contributed by atoms with Gasteiger partial charge in [-0.25, -0.2) is 0 Å². The van der Waals surface area contributed by atoms with Crippen LogP contribution in [0.5, 0.6) is 0 Å². The van der Waals surface area contributed by atoms with Crippen molar-refractivity contribution < 1.29 is 11.2 Å². The fourth-order valence-electron chi connectivity index (χ4n) is 1.42. The van der Waals surface area contributed by atoms with E-state index in [0.29, 0.717) is 4.32 Å². The van der Waals surface area contributed by atoms with Crippen LogP contribution in [0.2, 0.25) is 0 Å². The minimum atomic E-state index is -1.33. The molecule has 0 N–H and O–H groups in total. The number of pyridine rings is 1. The fraction of sp³-hybridized carbons (Fsp3) is 0.0833. The van der Waals surface area contributed by atoms with Crippen molar-refractivity contribution in [3.05, 3.63) is 47.6 Å². The van der Waals surface area contributed by atoms with Crippen LogP contribution in [0, 0.1) is 0 Å². The number of halogens is 3. The van der Waals surface area contributed by atoms with Gasteiger partial charge in [-0.1, -0.05) is 36.0 Å². The Morgan fingerprint density at radius 1 is 1.33 bits per heavy atom. The molecule has 3 nitrogen and oxygen atoms in total. The van der Waals surface area contributed by atoms with Crippen LogP contribution in [-0.2, 0) is 23.4 Å². The summed E-state index contributed by atoms with van der Waals surface area (Å²) in [5.41, 5.74) is 4.73. The van der Waals surface area contributed by atoms with Gasteiger partial charge in [0, 0.05) is 17.8 Å². The molecule has 0 aliphatic heterocycles. The number of thioether (sulfide) groups is 1. The fourth-order valence-corrected chi connectivity index (χ4v) is 1.60. The zero-order valence-electron chi connectivity index (χ0n) is 10.7. The predicted octanol–water partition coefficient (Wildman–Crippen LogP) is 4.74. The minimum absolute atomic E-state index is 0.626. The van der Waals surface area contributed by atoms with Gasteiger partial charge in [0.2, 0.25) is 0 Å². The Morgan fingerprint density at radius 2 is 2.00 bits per heavy atom. The average Bonchev–Trinajstić information content (AvgIpc) is 2.46. The molecule has 0 bridgehead atoms. The van der Waals surface area contributed by atoms with Gasteiger partial charge in [-0.05, 0) is 17.7 Å². The van der Waals surface area contributed by atoms with Gasteiger partial charge in [-0.15, -0.1) is 0 Å². The predicted molar refractivity (Wildman–Crippen MR) is 97.5 cm³/mol. The number of rotatable bonds is 2.